The lowest BCUT2D eigenvalue weighted by atomic mass is 9.93. The molecule has 0 saturated heterocycles. The molecule has 102 valence electrons. The average Bonchev–Trinajstić information content (AvgIpc) is 3.13. The maximum Gasteiger partial charge on any atom is 0.259 e. The zero-order chi connectivity index (χ0) is 13.7. The van der Waals surface area contributed by atoms with Crippen LogP contribution in [0.15, 0.2) is 30.4 Å². The topological polar surface area (TPSA) is 58.2 Å². The summed E-state index contributed by atoms with van der Waals surface area (Å²) in [5.41, 5.74) is 1.87. The molecule has 3 aliphatic rings. The second-order valence-corrected chi connectivity index (χ2v) is 5.96. The lowest BCUT2D eigenvalue weighted by molar-refractivity contribution is 0.0879. The molecule has 3 atom stereocenters. The molecule has 2 bridgehead atoms. The van der Waals surface area contributed by atoms with Crippen LogP contribution in [0, 0.1) is 17.8 Å². The predicted molar refractivity (Wildman–Crippen MR) is 75.6 cm³/mol. The lowest BCUT2D eigenvalue weighted by Gasteiger charge is -2.19. The first-order valence-corrected chi connectivity index (χ1v) is 7.12. The van der Waals surface area contributed by atoms with Gasteiger partial charge in [0.1, 0.15) is 0 Å². The molecule has 3 unspecified atom stereocenters. The first-order chi connectivity index (χ1) is 9.70. The summed E-state index contributed by atoms with van der Waals surface area (Å²) in [4.78, 5) is 23.1. The second-order valence-electron chi connectivity index (χ2n) is 5.96. The Balaban J connectivity index is 1.48. The van der Waals surface area contributed by atoms with E-state index in [4.69, 9.17) is 0 Å². The monoisotopic (exact) mass is 268 g/mol. The molecule has 2 N–H and O–H groups in total. The van der Waals surface area contributed by atoms with Crippen LogP contribution in [0.2, 0.25) is 0 Å². The van der Waals surface area contributed by atoms with Gasteiger partial charge in [-0.25, -0.2) is 0 Å². The third kappa shape index (κ3) is 1.75. The molecular weight excluding hydrogens is 252 g/mol. The van der Waals surface area contributed by atoms with E-state index in [9.17, 15) is 9.59 Å². The molecule has 1 aromatic rings. The van der Waals surface area contributed by atoms with E-state index in [0.29, 0.717) is 23.0 Å². The third-order valence-electron chi connectivity index (χ3n) is 4.72. The number of carbonyl (C=O) groups is 2. The second kappa shape index (κ2) is 4.20. The van der Waals surface area contributed by atoms with Crippen molar-refractivity contribution in [1.29, 1.82) is 0 Å². The van der Waals surface area contributed by atoms with Crippen LogP contribution in [0.5, 0.6) is 0 Å². The van der Waals surface area contributed by atoms with Crippen molar-refractivity contribution in [3.05, 3.63) is 41.5 Å². The van der Waals surface area contributed by atoms with E-state index < -0.39 is 0 Å². The number of hydrogen-bond donors (Lipinski definition) is 2. The molecule has 2 amide bonds. The summed E-state index contributed by atoms with van der Waals surface area (Å²) < 4.78 is 0. The molecular formula is C16H16N2O2. The van der Waals surface area contributed by atoms with E-state index in [2.05, 4.69) is 22.8 Å². The van der Waals surface area contributed by atoms with E-state index in [1.807, 2.05) is 6.07 Å². The van der Waals surface area contributed by atoms with Crippen molar-refractivity contribution in [3.63, 3.8) is 0 Å². The highest BCUT2D eigenvalue weighted by molar-refractivity contribution is 6.21. The van der Waals surface area contributed by atoms with Crippen molar-refractivity contribution in [2.75, 3.05) is 11.9 Å². The average molecular weight is 268 g/mol. The van der Waals surface area contributed by atoms with Gasteiger partial charge in [0.2, 0.25) is 0 Å². The Morgan fingerprint density at radius 2 is 1.95 bits per heavy atom. The van der Waals surface area contributed by atoms with Crippen LogP contribution in [-0.2, 0) is 0 Å². The van der Waals surface area contributed by atoms with E-state index >= 15 is 0 Å². The largest absolute Gasteiger partial charge is 0.385 e. The van der Waals surface area contributed by atoms with Crippen LogP contribution in [-0.4, -0.2) is 18.4 Å². The lowest BCUT2D eigenvalue weighted by Crippen LogP contribution is -2.20. The highest BCUT2D eigenvalue weighted by Gasteiger charge is 2.35. The zero-order valence-corrected chi connectivity index (χ0v) is 11.1. The summed E-state index contributed by atoms with van der Waals surface area (Å²) in [6.45, 7) is 0.930. The number of allylic oxidation sites excluding steroid dienone is 2. The molecule has 1 fully saturated rings. The Morgan fingerprint density at radius 1 is 1.10 bits per heavy atom. The number of imide groups is 1. The molecule has 20 heavy (non-hydrogen) atoms. The van der Waals surface area contributed by atoms with Gasteiger partial charge in [-0.15, -0.1) is 0 Å². The smallest absolute Gasteiger partial charge is 0.259 e. The maximum absolute atomic E-state index is 11.6. The van der Waals surface area contributed by atoms with Crippen LogP contribution in [0.25, 0.3) is 0 Å². The highest BCUT2D eigenvalue weighted by Crippen LogP contribution is 2.43. The first-order valence-electron chi connectivity index (χ1n) is 7.12. The van der Waals surface area contributed by atoms with E-state index in [-0.39, 0.29) is 11.8 Å². The number of benzene rings is 1. The number of rotatable bonds is 3. The van der Waals surface area contributed by atoms with Crippen molar-refractivity contribution in [2.45, 2.75) is 12.8 Å². The minimum absolute atomic E-state index is 0.295. The SMILES string of the molecule is O=C1NC(=O)c2cc(NCC3CC4C=CC3C4)ccc21. The Morgan fingerprint density at radius 3 is 2.70 bits per heavy atom. The molecule has 4 rings (SSSR count). The fourth-order valence-electron chi connectivity index (χ4n) is 3.66. The van der Waals surface area contributed by atoms with Gasteiger partial charge in [-0.2, -0.15) is 0 Å². The van der Waals surface area contributed by atoms with Crippen molar-refractivity contribution < 1.29 is 9.59 Å². The predicted octanol–water partition coefficient (Wildman–Crippen LogP) is 2.19. The summed E-state index contributed by atoms with van der Waals surface area (Å²) >= 11 is 0. The molecule has 1 aliphatic heterocycles. The number of amides is 2. The van der Waals surface area contributed by atoms with Crippen LogP contribution in [0.4, 0.5) is 5.69 Å². The van der Waals surface area contributed by atoms with E-state index in [1.54, 1.807) is 12.1 Å². The van der Waals surface area contributed by atoms with E-state index in [1.165, 1.54) is 12.8 Å². The molecule has 1 aromatic carbocycles. The van der Waals surface area contributed by atoms with Gasteiger partial charge in [0, 0.05) is 12.2 Å². The summed E-state index contributed by atoms with van der Waals surface area (Å²) in [5, 5.41) is 5.73. The molecule has 1 saturated carbocycles. The van der Waals surface area contributed by atoms with Crippen LogP contribution < -0.4 is 10.6 Å². The number of carbonyl (C=O) groups excluding carboxylic acids is 2. The summed E-state index contributed by atoms with van der Waals surface area (Å²) in [7, 11) is 0. The highest BCUT2D eigenvalue weighted by atomic mass is 16.2. The van der Waals surface area contributed by atoms with Crippen molar-refractivity contribution in [3.8, 4) is 0 Å². The molecule has 1 heterocycles. The Hall–Kier alpha value is -2.10. The normalized spacial score (nSPS) is 29.7. The number of fused-ring (bicyclic) bond motifs is 3. The van der Waals surface area contributed by atoms with Gasteiger partial charge < -0.3 is 5.32 Å². The molecule has 4 heteroatoms. The van der Waals surface area contributed by atoms with Gasteiger partial charge in [0.25, 0.3) is 11.8 Å². The Kier molecular flexibility index (Phi) is 2.46. The number of nitrogens with one attached hydrogen (secondary N) is 2. The first kappa shape index (κ1) is 11.7. The van der Waals surface area contributed by atoms with Crippen LogP contribution in [0.3, 0.4) is 0 Å². The number of hydrogen-bond acceptors (Lipinski definition) is 3. The van der Waals surface area contributed by atoms with Gasteiger partial charge in [-0.3, -0.25) is 14.9 Å². The minimum Gasteiger partial charge on any atom is -0.385 e. The molecule has 4 nitrogen and oxygen atoms in total. The van der Waals surface area contributed by atoms with Crippen LogP contribution >= 0.6 is 0 Å². The fraction of sp³-hybridized carbons (Fsp3) is 0.375. The van der Waals surface area contributed by atoms with Crippen molar-refractivity contribution >= 4 is 17.5 Å². The Bertz CT molecular complexity index is 635. The van der Waals surface area contributed by atoms with Gasteiger partial charge in [-0.05, 0) is 48.8 Å². The van der Waals surface area contributed by atoms with Crippen molar-refractivity contribution in [2.24, 2.45) is 17.8 Å². The summed E-state index contributed by atoms with van der Waals surface area (Å²) in [5.74, 6) is 1.59. The fourth-order valence-corrected chi connectivity index (χ4v) is 3.66. The van der Waals surface area contributed by atoms with E-state index in [0.717, 1.165) is 18.2 Å². The van der Waals surface area contributed by atoms with Crippen LogP contribution in [0.1, 0.15) is 33.6 Å². The molecule has 0 aromatic heterocycles. The third-order valence-corrected chi connectivity index (χ3v) is 4.72. The minimum atomic E-state index is -0.296. The maximum atomic E-state index is 11.6. The standard InChI is InChI=1S/C16H16N2O2/c19-15-13-4-3-12(7-14(13)16(20)18-15)17-8-11-6-9-1-2-10(11)5-9/h1-4,7,9-11,17H,5-6,8H2,(H,18,19,20). The number of anilines is 1. The van der Waals surface area contributed by atoms with Gasteiger partial charge in [0.05, 0.1) is 11.1 Å². The molecule has 0 spiro atoms. The summed E-state index contributed by atoms with van der Waals surface area (Å²) in [6, 6.07) is 5.37. The summed E-state index contributed by atoms with van der Waals surface area (Å²) in [6.07, 6.45) is 7.24. The van der Waals surface area contributed by atoms with Gasteiger partial charge in [0.15, 0.2) is 0 Å². The Labute approximate surface area is 117 Å². The molecule has 2 aliphatic carbocycles. The van der Waals surface area contributed by atoms with Gasteiger partial charge >= 0.3 is 0 Å². The van der Waals surface area contributed by atoms with Crippen molar-refractivity contribution in [1.82, 2.24) is 5.32 Å². The quantitative estimate of drug-likeness (QED) is 0.652. The zero-order valence-electron chi connectivity index (χ0n) is 11.1. The molecule has 0 radical (unpaired) electrons. The van der Waals surface area contributed by atoms with Gasteiger partial charge in [-0.1, -0.05) is 12.2 Å².